The summed E-state index contributed by atoms with van der Waals surface area (Å²) in [7, 11) is 0. The van der Waals surface area contributed by atoms with Gasteiger partial charge in [0.05, 0.1) is 12.1 Å². The zero-order chi connectivity index (χ0) is 19.7. The quantitative estimate of drug-likeness (QED) is 0.453. The van der Waals surface area contributed by atoms with E-state index in [1.165, 1.54) is 35.2 Å². The first-order valence-electron chi connectivity index (χ1n) is 8.93. The van der Waals surface area contributed by atoms with Gasteiger partial charge in [0.15, 0.2) is 0 Å². The highest BCUT2D eigenvalue weighted by Gasteiger charge is 2.39. The molecular formula is C20H22F2N2O3. The number of amides is 1. The van der Waals surface area contributed by atoms with Crippen molar-refractivity contribution in [2.45, 2.75) is 44.1 Å². The van der Waals surface area contributed by atoms with Crippen molar-refractivity contribution in [1.29, 1.82) is 5.26 Å². The molecular weight excluding hydrogens is 354 g/mol. The van der Waals surface area contributed by atoms with Crippen LogP contribution in [0.3, 0.4) is 0 Å². The number of carbonyl (C=O) groups excluding carboxylic acids is 2. The average molecular weight is 376 g/mol. The Kier molecular flexibility index (Phi) is 7.47. The van der Waals surface area contributed by atoms with Gasteiger partial charge >= 0.3 is 12.0 Å². The predicted octanol–water partition coefficient (Wildman–Crippen LogP) is 4.20. The smallest absolute Gasteiger partial charge is 0.410 e. The lowest BCUT2D eigenvalue weighted by Crippen LogP contribution is -2.33. The number of ether oxygens (including phenoxy) is 1. The summed E-state index contributed by atoms with van der Waals surface area (Å²) >= 11 is 0. The third-order valence-electron chi connectivity index (χ3n) is 4.37. The van der Waals surface area contributed by atoms with E-state index in [4.69, 9.17) is 10.00 Å². The van der Waals surface area contributed by atoms with Crippen molar-refractivity contribution in [2.24, 2.45) is 0 Å². The highest BCUT2D eigenvalue weighted by atomic mass is 19.3. The van der Waals surface area contributed by atoms with Gasteiger partial charge in [0.2, 0.25) is 5.78 Å². The Morgan fingerprint density at radius 2 is 1.96 bits per heavy atom. The summed E-state index contributed by atoms with van der Waals surface area (Å²) in [6.45, 7) is 0.456. The van der Waals surface area contributed by atoms with Gasteiger partial charge in [-0.1, -0.05) is 49.2 Å². The fraction of sp³-hybridized carbons (Fsp3) is 0.450. The summed E-state index contributed by atoms with van der Waals surface area (Å²) < 4.78 is 33.4. The Hall–Kier alpha value is -2.75. The van der Waals surface area contributed by atoms with E-state index in [0.29, 0.717) is 13.0 Å². The third-order valence-corrected chi connectivity index (χ3v) is 4.37. The molecule has 0 unspecified atom stereocenters. The van der Waals surface area contributed by atoms with Crippen molar-refractivity contribution in [3.63, 3.8) is 0 Å². The number of halogens is 2. The van der Waals surface area contributed by atoms with Crippen molar-refractivity contribution in [3.8, 4) is 6.07 Å². The number of alkyl halides is 2. The number of carbonyl (C=O) groups is 2. The molecule has 0 aliphatic carbocycles. The van der Waals surface area contributed by atoms with Crippen molar-refractivity contribution >= 4 is 11.9 Å². The number of unbranched alkanes of at least 4 members (excludes halogenated alkanes) is 4. The molecule has 1 atom stereocenters. The Morgan fingerprint density at radius 3 is 2.67 bits per heavy atom. The highest BCUT2D eigenvalue weighted by molar-refractivity contribution is 5.96. The minimum Gasteiger partial charge on any atom is -0.447 e. The Balaban J connectivity index is 1.91. The standard InChI is InChI=1S/C20H22F2N2O3/c21-20(22,16-9-5-4-6-10-16)18(25)12-11-17-15-27-19(26)24(17)14-8-3-1-2-7-13-23/h4-6,9-12,17H,1-3,7-8,14-15H2/t17-/m0/s1. The maximum absolute atomic E-state index is 14.2. The first-order chi connectivity index (χ1) is 13.0. The zero-order valence-corrected chi connectivity index (χ0v) is 14.9. The Morgan fingerprint density at radius 1 is 1.26 bits per heavy atom. The highest BCUT2D eigenvalue weighted by Crippen LogP contribution is 2.29. The third kappa shape index (κ3) is 5.61. The monoisotopic (exact) mass is 376 g/mol. The van der Waals surface area contributed by atoms with E-state index in [2.05, 4.69) is 6.07 Å². The largest absolute Gasteiger partial charge is 0.447 e. The molecule has 1 amide bonds. The van der Waals surface area contributed by atoms with Crippen LogP contribution in [0.15, 0.2) is 42.5 Å². The van der Waals surface area contributed by atoms with E-state index in [0.717, 1.165) is 31.8 Å². The number of allylic oxidation sites excluding steroid dienone is 1. The van der Waals surface area contributed by atoms with Crippen molar-refractivity contribution < 1.29 is 23.1 Å². The number of hydrogen-bond donors (Lipinski definition) is 0. The number of ketones is 1. The molecule has 0 spiro atoms. The molecule has 5 nitrogen and oxygen atoms in total. The van der Waals surface area contributed by atoms with Crippen LogP contribution in [-0.2, 0) is 15.5 Å². The fourth-order valence-corrected chi connectivity index (χ4v) is 2.81. The average Bonchev–Trinajstić information content (AvgIpc) is 3.03. The first-order valence-corrected chi connectivity index (χ1v) is 8.93. The molecule has 7 heteroatoms. The summed E-state index contributed by atoms with van der Waals surface area (Å²) in [6.07, 6.45) is 5.41. The SMILES string of the molecule is N#CCCCCCCN1C(=O)OC[C@@H]1C=CC(=O)C(F)(F)c1ccccc1. The van der Waals surface area contributed by atoms with Gasteiger partial charge in [-0.2, -0.15) is 14.0 Å². The molecule has 0 radical (unpaired) electrons. The minimum atomic E-state index is -3.62. The van der Waals surface area contributed by atoms with Gasteiger partial charge in [-0.25, -0.2) is 4.79 Å². The van der Waals surface area contributed by atoms with E-state index >= 15 is 0 Å². The molecule has 1 fully saturated rings. The Bertz CT molecular complexity index is 714. The second-order valence-electron chi connectivity index (χ2n) is 6.32. The van der Waals surface area contributed by atoms with Crippen LogP contribution >= 0.6 is 0 Å². The van der Waals surface area contributed by atoms with E-state index in [1.807, 2.05) is 0 Å². The van der Waals surface area contributed by atoms with Crippen molar-refractivity contribution in [2.75, 3.05) is 13.2 Å². The summed E-state index contributed by atoms with van der Waals surface area (Å²) in [5.74, 6) is -4.95. The van der Waals surface area contributed by atoms with Gasteiger partial charge in [-0.05, 0) is 18.9 Å². The number of nitrogens with zero attached hydrogens (tertiary/aromatic N) is 2. The first kappa shape index (κ1) is 20.6. The molecule has 27 heavy (non-hydrogen) atoms. The van der Waals surface area contributed by atoms with Crippen LogP contribution in [-0.4, -0.2) is 36.0 Å². The van der Waals surface area contributed by atoms with Gasteiger partial charge in [-0.15, -0.1) is 0 Å². The predicted molar refractivity (Wildman–Crippen MR) is 95.0 cm³/mol. The summed E-state index contributed by atoms with van der Waals surface area (Å²) in [5, 5.41) is 8.49. The summed E-state index contributed by atoms with van der Waals surface area (Å²) in [4.78, 5) is 25.2. The molecule has 0 N–H and O–H groups in total. The van der Waals surface area contributed by atoms with Crippen molar-refractivity contribution in [3.05, 3.63) is 48.0 Å². The molecule has 2 rings (SSSR count). The van der Waals surface area contributed by atoms with Gasteiger partial charge < -0.3 is 4.74 Å². The van der Waals surface area contributed by atoms with Crippen LogP contribution < -0.4 is 0 Å². The number of cyclic esters (lactones) is 1. The second kappa shape index (κ2) is 9.81. The van der Waals surface area contributed by atoms with Crippen LogP contribution in [0.2, 0.25) is 0 Å². The number of benzene rings is 1. The molecule has 0 bridgehead atoms. The molecule has 1 heterocycles. The molecule has 1 aromatic carbocycles. The minimum absolute atomic E-state index is 0.0357. The lowest BCUT2D eigenvalue weighted by molar-refractivity contribution is -0.138. The van der Waals surface area contributed by atoms with Crippen molar-refractivity contribution in [1.82, 2.24) is 4.90 Å². The van der Waals surface area contributed by atoms with E-state index in [9.17, 15) is 18.4 Å². The van der Waals surface area contributed by atoms with Gasteiger partial charge in [0.1, 0.15) is 6.61 Å². The van der Waals surface area contributed by atoms with Crippen LogP contribution in [0, 0.1) is 11.3 Å². The van der Waals surface area contributed by atoms with Crippen LogP contribution in [0.4, 0.5) is 13.6 Å². The fourth-order valence-electron chi connectivity index (χ4n) is 2.81. The molecule has 144 valence electrons. The van der Waals surface area contributed by atoms with E-state index < -0.39 is 23.8 Å². The van der Waals surface area contributed by atoms with Gasteiger partial charge in [0.25, 0.3) is 0 Å². The summed E-state index contributed by atoms with van der Waals surface area (Å²) in [5.41, 5.74) is -0.368. The normalized spacial score (nSPS) is 17.1. The number of nitriles is 1. The molecule has 1 saturated heterocycles. The van der Waals surface area contributed by atoms with E-state index in [-0.39, 0.29) is 12.2 Å². The molecule has 1 aromatic rings. The van der Waals surface area contributed by atoms with Crippen LogP contribution in [0.25, 0.3) is 0 Å². The number of hydrogen-bond acceptors (Lipinski definition) is 4. The topological polar surface area (TPSA) is 70.4 Å². The maximum atomic E-state index is 14.2. The molecule has 0 aromatic heterocycles. The van der Waals surface area contributed by atoms with Crippen LogP contribution in [0.5, 0.6) is 0 Å². The van der Waals surface area contributed by atoms with Gasteiger partial charge in [-0.3, -0.25) is 9.69 Å². The molecule has 1 aliphatic rings. The second-order valence-corrected chi connectivity index (χ2v) is 6.32. The zero-order valence-electron chi connectivity index (χ0n) is 14.9. The maximum Gasteiger partial charge on any atom is 0.410 e. The summed E-state index contributed by atoms with van der Waals surface area (Å²) in [6, 6.07) is 8.43. The van der Waals surface area contributed by atoms with E-state index in [1.54, 1.807) is 6.07 Å². The molecule has 1 aliphatic heterocycles. The van der Waals surface area contributed by atoms with Gasteiger partial charge in [0, 0.05) is 18.5 Å². The molecule has 0 saturated carbocycles. The lowest BCUT2D eigenvalue weighted by Gasteiger charge is -2.19. The van der Waals surface area contributed by atoms with Crippen LogP contribution in [0.1, 0.15) is 37.7 Å². The Labute approximate surface area is 157 Å². The lowest BCUT2D eigenvalue weighted by atomic mass is 10.0. The number of rotatable bonds is 10.